The quantitative estimate of drug-likeness (QED) is 0.290. The second-order valence-electron chi connectivity index (χ2n) is 7.85. The minimum atomic E-state index is -0.398. The van der Waals surface area contributed by atoms with E-state index in [0.29, 0.717) is 30.9 Å². The second-order valence-corrected chi connectivity index (χ2v) is 7.85. The number of amides is 1. The molecule has 5 nitrogen and oxygen atoms in total. The van der Waals surface area contributed by atoms with Crippen LogP contribution in [0.25, 0.3) is 17.0 Å². The molecule has 0 saturated heterocycles. The third kappa shape index (κ3) is 5.50. The molecule has 0 aliphatic carbocycles. The van der Waals surface area contributed by atoms with E-state index in [1.165, 1.54) is 5.56 Å². The fraction of sp³-hybridized carbons (Fsp3) is 0.143. The Morgan fingerprint density at radius 3 is 2.64 bits per heavy atom. The van der Waals surface area contributed by atoms with E-state index in [-0.39, 0.29) is 5.57 Å². The molecule has 2 N–H and O–H groups in total. The van der Waals surface area contributed by atoms with Gasteiger partial charge in [-0.1, -0.05) is 66.2 Å². The number of benzene rings is 3. The van der Waals surface area contributed by atoms with E-state index in [1.807, 2.05) is 85.9 Å². The van der Waals surface area contributed by atoms with Crippen molar-refractivity contribution in [2.45, 2.75) is 20.0 Å². The largest absolute Gasteiger partial charge is 0.488 e. The van der Waals surface area contributed by atoms with Crippen LogP contribution >= 0.6 is 0 Å². The van der Waals surface area contributed by atoms with Crippen LogP contribution in [-0.4, -0.2) is 17.4 Å². The average Bonchev–Trinajstić information content (AvgIpc) is 3.26. The minimum Gasteiger partial charge on any atom is -0.488 e. The zero-order valence-electron chi connectivity index (χ0n) is 18.5. The lowest BCUT2D eigenvalue weighted by Crippen LogP contribution is -2.26. The molecule has 4 aromatic rings. The van der Waals surface area contributed by atoms with E-state index in [4.69, 9.17) is 4.74 Å². The number of nitrogens with zero attached hydrogens (tertiary/aromatic N) is 1. The molecule has 0 atom stereocenters. The number of aryl methyl sites for hydroxylation is 1. The van der Waals surface area contributed by atoms with Crippen LogP contribution < -0.4 is 10.1 Å². The van der Waals surface area contributed by atoms with Gasteiger partial charge < -0.3 is 15.0 Å². The number of nitriles is 1. The number of nitrogens with one attached hydrogen (secondary N) is 2. The van der Waals surface area contributed by atoms with Crippen molar-refractivity contribution in [3.63, 3.8) is 0 Å². The third-order valence-corrected chi connectivity index (χ3v) is 5.45. The Bertz CT molecular complexity index is 1330. The minimum absolute atomic E-state index is 0.0420. The number of hydrogen-bond donors (Lipinski definition) is 2. The number of fused-ring (bicyclic) bond motifs is 1. The topological polar surface area (TPSA) is 77.9 Å². The number of carbonyl (C=O) groups is 1. The van der Waals surface area contributed by atoms with Crippen LogP contribution in [0.1, 0.15) is 22.3 Å². The highest BCUT2D eigenvalue weighted by molar-refractivity contribution is 6.02. The van der Waals surface area contributed by atoms with Crippen molar-refractivity contribution in [1.29, 1.82) is 5.26 Å². The summed E-state index contributed by atoms with van der Waals surface area (Å²) in [5, 5.41) is 13.6. The smallest absolute Gasteiger partial charge is 0.261 e. The molecule has 0 bridgehead atoms. The fourth-order valence-corrected chi connectivity index (χ4v) is 3.63. The van der Waals surface area contributed by atoms with Crippen molar-refractivity contribution < 1.29 is 9.53 Å². The van der Waals surface area contributed by atoms with E-state index in [0.717, 1.165) is 22.0 Å². The van der Waals surface area contributed by atoms with Gasteiger partial charge in [-0.15, -0.1) is 0 Å². The van der Waals surface area contributed by atoms with Crippen LogP contribution in [0.4, 0.5) is 0 Å². The predicted octanol–water partition coefficient (Wildman–Crippen LogP) is 5.32. The summed E-state index contributed by atoms with van der Waals surface area (Å²) < 4.78 is 5.97. The van der Waals surface area contributed by atoms with Crippen LogP contribution in [0.15, 0.2) is 84.6 Å². The Kier molecular flexibility index (Phi) is 6.87. The molecular formula is C28H25N3O2. The van der Waals surface area contributed by atoms with Crippen molar-refractivity contribution >= 4 is 22.9 Å². The van der Waals surface area contributed by atoms with Gasteiger partial charge in [-0.2, -0.15) is 5.26 Å². The molecule has 4 rings (SSSR count). The molecule has 1 aromatic heterocycles. The van der Waals surface area contributed by atoms with Gasteiger partial charge in [0.15, 0.2) is 0 Å². The van der Waals surface area contributed by atoms with Gasteiger partial charge in [-0.05, 0) is 42.7 Å². The Balaban J connectivity index is 1.40. The van der Waals surface area contributed by atoms with Gasteiger partial charge in [0.25, 0.3) is 5.91 Å². The van der Waals surface area contributed by atoms with Crippen LogP contribution in [0.5, 0.6) is 5.75 Å². The van der Waals surface area contributed by atoms with Crippen molar-refractivity contribution in [2.75, 3.05) is 6.54 Å². The molecule has 3 aromatic carbocycles. The first-order chi connectivity index (χ1) is 16.1. The molecular weight excluding hydrogens is 410 g/mol. The first kappa shape index (κ1) is 21.9. The number of H-pyrrole nitrogens is 1. The van der Waals surface area contributed by atoms with Crippen LogP contribution in [0, 0.1) is 18.3 Å². The highest BCUT2D eigenvalue weighted by Gasteiger charge is 2.11. The number of rotatable bonds is 8. The van der Waals surface area contributed by atoms with Gasteiger partial charge in [0.1, 0.15) is 24.0 Å². The van der Waals surface area contributed by atoms with Gasteiger partial charge in [0.05, 0.1) is 0 Å². The summed E-state index contributed by atoms with van der Waals surface area (Å²) in [7, 11) is 0. The lowest BCUT2D eigenvalue weighted by Gasteiger charge is -2.10. The molecule has 0 spiro atoms. The molecule has 0 saturated carbocycles. The molecule has 164 valence electrons. The maximum Gasteiger partial charge on any atom is 0.261 e. The van der Waals surface area contributed by atoms with E-state index < -0.39 is 5.91 Å². The molecule has 0 aliphatic rings. The fourth-order valence-electron chi connectivity index (χ4n) is 3.63. The van der Waals surface area contributed by atoms with Gasteiger partial charge in [0.2, 0.25) is 0 Å². The van der Waals surface area contributed by atoms with Crippen molar-refractivity contribution in [3.05, 3.63) is 107 Å². The number of para-hydroxylation sites is 2. The zero-order valence-corrected chi connectivity index (χ0v) is 18.5. The zero-order chi connectivity index (χ0) is 23.0. The first-order valence-corrected chi connectivity index (χ1v) is 10.9. The molecule has 1 amide bonds. The molecule has 0 radical (unpaired) electrons. The summed E-state index contributed by atoms with van der Waals surface area (Å²) >= 11 is 0. The number of aromatic nitrogens is 1. The Hall–Kier alpha value is -4.30. The van der Waals surface area contributed by atoms with Crippen LogP contribution in [0.3, 0.4) is 0 Å². The number of hydrogen-bond acceptors (Lipinski definition) is 3. The van der Waals surface area contributed by atoms with Gasteiger partial charge in [0, 0.05) is 29.2 Å². The lowest BCUT2D eigenvalue weighted by molar-refractivity contribution is -0.117. The van der Waals surface area contributed by atoms with Crippen LogP contribution in [-0.2, 0) is 17.8 Å². The summed E-state index contributed by atoms with van der Waals surface area (Å²) in [6.45, 7) is 2.88. The SMILES string of the molecule is Cc1ccc(COc2ccccc2C=C(C#N)C(=O)NCCc2c[nH]c3ccccc23)cc1. The third-order valence-electron chi connectivity index (χ3n) is 5.45. The second kappa shape index (κ2) is 10.3. The van der Waals surface area contributed by atoms with Gasteiger partial charge >= 0.3 is 0 Å². The molecule has 0 fully saturated rings. The highest BCUT2D eigenvalue weighted by Crippen LogP contribution is 2.22. The highest BCUT2D eigenvalue weighted by atomic mass is 16.5. The van der Waals surface area contributed by atoms with Crippen molar-refractivity contribution in [1.82, 2.24) is 10.3 Å². The number of ether oxygens (including phenoxy) is 1. The predicted molar refractivity (Wildman–Crippen MR) is 131 cm³/mol. The Morgan fingerprint density at radius 1 is 1.06 bits per heavy atom. The van der Waals surface area contributed by atoms with E-state index in [1.54, 1.807) is 6.08 Å². The number of carbonyl (C=O) groups excluding carboxylic acids is 1. The van der Waals surface area contributed by atoms with Gasteiger partial charge in [-0.3, -0.25) is 4.79 Å². The number of aromatic amines is 1. The molecule has 33 heavy (non-hydrogen) atoms. The lowest BCUT2D eigenvalue weighted by atomic mass is 10.1. The standard InChI is InChI=1S/C28H25N3O2/c1-20-10-12-21(13-11-20)19-33-27-9-5-2-6-22(27)16-24(17-29)28(32)30-15-14-23-18-31-26-8-4-3-7-25(23)26/h2-13,16,18,31H,14-15,19H2,1H3,(H,30,32). The molecule has 0 unspecified atom stereocenters. The monoisotopic (exact) mass is 435 g/mol. The van der Waals surface area contributed by atoms with Gasteiger partial charge in [-0.25, -0.2) is 0 Å². The molecule has 5 heteroatoms. The van der Waals surface area contributed by atoms with E-state index in [9.17, 15) is 10.1 Å². The summed E-state index contributed by atoms with van der Waals surface area (Å²) in [5.74, 6) is 0.225. The molecule has 1 heterocycles. The van der Waals surface area contributed by atoms with Crippen LogP contribution in [0.2, 0.25) is 0 Å². The first-order valence-electron chi connectivity index (χ1n) is 10.9. The van der Waals surface area contributed by atoms with E-state index >= 15 is 0 Å². The van der Waals surface area contributed by atoms with E-state index in [2.05, 4.69) is 16.4 Å². The summed E-state index contributed by atoms with van der Waals surface area (Å²) in [6, 6.07) is 25.6. The van der Waals surface area contributed by atoms with Crippen molar-refractivity contribution in [2.24, 2.45) is 0 Å². The molecule has 0 aliphatic heterocycles. The maximum absolute atomic E-state index is 12.6. The summed E-state index contributed by atoms with van der Waals surface area (Å²) in [6.07, 6.45) is 4.20. The normalized spacial score (nSPS) is 11.2. The average molecular weight is 436 g/mol. The van der Waals surface area contributed by atoms with Crippen molar-refractivity contribution in [3.8, 4) is 11.8 Å². The maximum atomic E-state index is 12.6. The summed E-state index contributed by atoms with van der Waals surface area (Å²) in [5.41, 5.74) is 5.17. The summed E-state index contributed by atoms with van der Waals surface area (Å²) in [4.78, 5) is 15.9. The Labute approximate surface area is 193 Å². The Morgan fingerprint density at radius 2 is 1.82 bits per heavy atom.